The molecule has 148 valence electrons. The van der Waals surface area contributed by atoms with Crippen LogP contribution >= 0.6 is 0 Å². The fraction of sp³-hybridized carbons (Fsp3) is 0.500. The molecule has 0 amide bonds. The number of benzene rings is 1. The minimum atomic E-state index is -1.14. The van der Waals surface area contributed by atoms with Gasteiger partial charge >= 0.3 is 5.97 Å². The smallest absolute Gasteiger partial charge is 0.335 e. The molecule has 0 aliphatic carbocycles. The first-order valence-corrected chi connectivity index (χ1v) is 9.20. The van der Waals surface area contributed by atoms with E-state index in [-0.39, 0.29) is 5.56 Å². The first-order valence-electron chi connectivity index (χ1n) is 9.20. The maximum Gasteiger partial charge on any atom is 0.335 e. The van der Waals surface area contributed by atoms with Crippen LogP contribution < -0.4 is 4.74 Å². The Labute approximate surface area is 161 Å². The summed E-state index contributed by atoms with van der Waals surface area (Å²) in [5, 5.41) is 30.1. The molecule has 0 aromatic heterocycles. The lowest BCUT2D eigenvalue weighted by Gasteiger charge is -2.28. The number of aliphatic hydroxyl groups is 2. The molecule has 5 heteroatoms. The van der Waals surface area contributed by atoms with Crippen LogP contribution in [0.3, 0.4) is 0 Å². The molecule has 2 rings (SSSR count). The molecule has 1 aromatic carbocycles. The van der Waals surface area contributed by atoms with E-state index in [1.165, 1.54) is 0 Å². The van der Waals surface area contributed by atoms with Crippen LogP contribution in [0.4, 0.5) is 0 Å². The highest BCUT2D eigenvalue weighted by Gasteiger charge is 2.39. The second-order valence-electron chi connectivity index (χ2n) is 8.34. The highest BCUT2D eigenvalue weighted by Crippen LogP contribution is 2.38. The molecule has 0 saturated carbocycles. The number of carbonyl (C=O) groups is 1. The molecule has 3 N–H and O–H groups in total. The van der Waals surface area contributed by atoms with Crippen molar-refractivity contribution in [3.8, 4) is 5.75 Å². The summed E-state index contributed by atoms with van der Waals surface area (Å²) >= 11 is 0. The van der Waals surface area contributed by atoms with Crippen molar-refractivity contribution in [1.29, 1.82) is 0 Å². The summed E-state index contributed by atoms with van der Waals surface area (Å²) in [7, 11) is 0. The van der Waals surface area contributed by atoms with Gasteiger partial charge in [0.25, 0.3) is 0 Å². The highest BCUT2D eigenvalue weighted by molar-refractivity contribution is 5.88. The van der Waals surface area contributed by atoms with Gasteiger partial charge in [0, 0.05) is 6.42 Å². The second kappa shape index (κ2) is 7.87. The van der Waals surface area contributed by atoms with Gasteiger partial charge < -0.3 is 20.1 Å². The van der Waals surface area contributed by atoms with Gasteiger partial charge in [-0.05, 0) is 70.7 Å². The molecule has 0 fully saturated rings. The van der Waals surface area contributed by atoms with Gasteiger partial charge in [-0.3, -0.25) is 0 Å². The van der Waals surface area contributed by atoms with Crippen molar-refractivity contribution >= 4 is 5.97 Å². The molecule has 1 aromatic rings. The van der Waals surface area contributed by atoms with E-state index in [9.17, 15) is 20.1 Å². The third kappa shape index (κ3) is 5.68. The van der Waals surface area contributed by atoms with Gasteiger partial charge in [0.05, 0.1) is 11.2 Å². The Morgan fingerprint density at radius 2 is 1.93 bits per heavy atom. The summed E-state index contributed by atoms with van der Waals surface area (Å²) in [5.41, 5.74) is 0.918. The van der Waals surface area contributed by atoms with Crippen molar-refractivity contribution in [3.63, 3.8) is 0 Å². The molecule has 0 unspecified atom stereocenters. The second-order valence-corrected chi connectivity index (χ2v) is 8.34. The van der Waals surface area contributed by atoms with Crippen LogP contribution in [0.15, 0.2) is 35.9 Å². The summed E-state index contributed by atoms with van der Waals surface area (Å²) < 4.78 is 6.08. The summed E-state index contributed by atoms with van der Waals surface area (Å²) in [6.07, 6.45) is 6.30. The van der Waals surface area contributed by atoms with Crippen LogP contribution in [0.5, 0.6) is 5.75 Å². The zero-order valence-electron chi connectivity index (χ0n) is 16.7. The summed E-state index contributed by atoms with van der Waals surface area (Å²) in [4.78, 5) is 11.5. The number of aromatic carboxylic acids is 1. The maximum absolute atomic E-state index is 11.5. The van der Waals surface area contributed by atoms with Crippen LogP contribution in [0, 0.1) is 0 Å². The molecule has 0 saturated heterocycles. The Balaban J connectivity index is 2.28. The number of allylic oxidation sites excluding steroid dienone is 2. The van der Waals surface area contributed by atoms with Gasteiger partial charge in [0.1, 0.15) is 17.5 Å². The van der Waals surface area contributed by atoms with E-state index in [1.807, 2.05) is 19.9 Å². The van der Waals surface area contributed by atoms with E-state index in [4.69, 9.17) is 4.74 Å². The summed E-state index contributed by atoms with van der Waals surface area (Å²) in [6.45, 7) is 9.02. The first-order chi connectivity index (χ1) is 12.4. The lowest BCUT2D eigenvalue weighted by molar-refractivity contribution is -0.0359. The molecule has 2 atom stereocenters. The number of ether oxygens (including phenoxy) is 1. The normalized spacial score (nSPS) is 18.7. The van der Waals surface area contributed by atoms with Crippen molar-refractivity contribution in [3.05, 3.63) is 52.6 Å². The third-order valence-electron chi connectivity index (χ3n) is 4.64. The van der Waals surface area contributed by atoms with Gasteiger partial charge in [-0.25, -0.2) is 4.79 Å². The Morgan fingerprint density at radius 1 is 1.26 bits per heavy atom. The van der Waals surface area contributed by atoms with Crippen molar-refractivity contribution in [2.75, 3.05) is 0 Å². The van der Waals surface area contributed by atoms with Crippen LogP contribution in [0.2, 0.25) is 0 Å². The minimum Gasteiger partial charge on any atom is -0.486 e. The number of rotatable bonds is 7. The Kier molecular flexibility index (Phi) is 6.17. The summed E-state index contributed by atoms with van der Waals surface area (Å²) in [5.74, 6) is -0.297. The quantitative estimate of drug-likeness (QED) is 0.634. The van der Waals surface area contributed by atoms with Crippen LogP contribution in [0.1, 0.15) is 62.5 Å². The first kappa shape index (κ1) is 21.2. The van der Waals surface area contributed by atoms with Crippen molar-refractivity contribution < 1.29 is 24.9 Å². The fourth-order valence-corrected chi connectivity index (χ4v) is 3.09. The van der Waals surface area contributed by atoms with Crippen molar-refractivity contribution in [1.82, 2.24) is 0 Å². The number of fused-ring (bicyclic) bond motifs is 1. The summed E-state index contributed by atoms with van der Waals surface area (Å²) in [6, 6.07) is 3.28. The van der Waals surface area contributed by atoms with Crippen LogP contribution in [0.25, 0.3) is 0 Å². The van der Waals surface area contributed by atoms with Crippen molar-refractivity contribution in [2.45, 2.75) is 71.2 Å². The van der Waals surface area contributed by atoms with E-state index in [0.717, 1.165) is 16.7 Å². The topological polar surface area (TPSA) is 87.0 Å². The standard InChI is InChI=1S/C22H30O5/c1-14(2)7-8-15-11-17(20(23)24)12-16-13-18(27-19(15)16)22(5,26)10-6-9-21(3,4)25/h6-7,9,11-12,18,25-26H,8,10,13H2,1-5H3,(H,23,24)/t18-,22+/m1/s1. The maximum atomic E-state index is 11.5. The Hall–Kier alpha value is -2.11. The van der Waals surface area contributed by atoms with E-state index in [0.29, 0.717) is 25.0 Å². The van der Waals surface area contributed by atoms with E-state index < -0.39 is 23.3 Å². The van der Waals surface area contributed by atoms with Gasteiger partial charge in [0.15, 0.2) is 0 Å². The molecule has 27 heavy (non-hydrogen) atoms. The van der Waals surface area contributed by atoms with E-state index >= 15 is 0 Å². The van der Waals surface area contributed by atoms with E-state index in [2.05, 4.69) is 0 Å². The Morgan fingerprint density at radius 3 is 2.48 bits per heavy atom. The number of carboxylic acids is 1. The van der Waals surface area contributed by atoms with Crippen molar-refractivity contribution in [2.24, 2.45) is 0 Å². The molecule has 1 aliphatic heterocycles. The van der Waals surface area contributed by atoms with Gasteiger partial charge in [-0.2, -0.15) is 0 Å². The van der Waals surface area contributed by atoms with Crippen LogP contribution in [-0.4, -0.2) is 38.6 Å². The predicted molar refractivity (Wildman–Crippen MR) is 105 cm³/mol. The highest BCUT2D eigenvalue weighted by atomic mass is 16.5. The molecule has 0 bridgehead atoms. The average Bonchev–Trinajstić information content (AvgIpc) is 2.95. The third-order valence-corrected chi connectivity index (χ3v) is 4.64. The Bertz CT molecular complexity index is 762. The zero-order chi connectivity index (χ0) is 20.4. The average molecular weight is 374 g/mol. The SMILES string of the molecule is CC(C)=CCc1cc(C(=O)O)cc2c1O[C@@H]([C@@](C)(O)CC=CC(C)(C)O)C2. The number of hydrogen-bond donors (Lipinski definition) is 3. The lowest BCUT2D eigenvalue weighted by Crippen LogP contribution is -2.42. The molecule has 1 heterocycles. The molecule has 0 spiro atoms. The van der Waals surface area contributed by atoms with Gasteiger partial charge in [-0.1, -0.05) is 23.8 Å². The minimum absolute atomic E-state index is 0.233. The monoisotopic (exact) mass is 374 g/mol. The lowest BCUT2D eigenvalue weighted by atomic mass is 9.90. The molecule has 0 radical (unpaired) electrons. The van der Waals surface area contributed by atoms with Gasteiger partial charge in [-0.15, -0.1) is 0 Å². The largest absolute Gasteiger partial charge is 0.486 e. The predicted octanol–water partition coefficient (Wildman–Crippen LogP) is 3.67. The van der Waals surface area contributed by atoms with E-state index in [1.54, 1.807) is 45.1 Å². The van der Waals surface area contributed by atoms with Crippen LogP contribution in [-0.2, 0) is 12.8 Å². The zero-order valence-corrected chi connectivity index (χ0v) is 16.7. The molecular formula is C22H30O5. The molecule has 1 aliphatic rings. The molecule has 5 nitrogen and oxygen atoms in total. The number of hydrogen-bond acceptors (Lipinski definition) is 4. The number of carboxylic acid groups (broad SMARTS) is 1. The fourth-order valence-electron chi connectivity index (χ4n) is 3.09. The molecular weight excluding hydrogens is 344 g/mol. The van der Waals surface area contributed by atoms with Gasteiger partial charge in [0.2, 0.25) is 0 Å².